The minimum Gasteiger partial charge on any atom is -0.478 e. The Hall–Kier alpha value is -3.68. The summed E-state index contributed by atoms with van der Waals surface area (Å²) in [5.41, 5.74) is 4.61. The zero-order valence-corrected chi connectivity index (χ0v) is 17.9. The van der Waals surface area contributed by atoms with Crippen LogP contribution in [-0.4, -0.2) is 40.4 Å². The van der Waals surface area contributed by atoms with E-state index >= 15 is 0 Å². The fourth-order valence-electron chi connectivity index (χ4n) is 3.48. The number of nitrogens with one attached hydrogen (secondary N) is 1. The van der Waals surface area contributed by atoms with Crippen molar-refractivity contribution in [1.29, 1.82) is 0 Å². The highest BCUT2D eigenvalue weighted by Crippen LogP contribution is 2.28. The van der Waals surface area contributed by atoms with Crippen molar-refractivity contribution in [3.63, 3.8) is 0 Å². The molecular formula is C23H25FN4O3. The zero-order valence-electron chi connectivity index (χ0n) is 17.9. The standard InChI is InChI=1S/C23H25FN4O3/c1-14-19(15(2)28(4)26-14)11-12-27(3)21-10-7-17(23(30)31)13-20(21)25-22(29)16-5-8-18(24)9-6-16/h5-10,13H,11-12H2,1-4H3,(H,25,29)(H,30,31). The summed E-state index contributed by atoms with van der Waals surface area (Å²) in [6.45, 7) is 4.63. The molecule has 0 unspecified atom stereocenters. The third kappa shape index (κ3) is 4.91. The Morgan fingerprint density at radius 3 is 2.35 bits per heavy atom. The van der Waals surface area contributed by atoms with Crippen LogP contribution in [0.3, 0.4) is 0 Å². The maximum Gasteiger partial charge on any atom is 0.335 e. The Labute approximate surface area is 180 Å². The van der Waals surface area contributed by atoms with Gasteiger partial charge in [-0.05, 0) is 68.3 Å². The lowest BCUT2D eigenvalue weighted by molar-refractivity contribution is 0.0696. The summed E-state index contributed by atoms with van der Waals surface area (Å²) in [6, 6.07) is 9.76. The molecule has 3 aromatic rings. The van der Waals surface area contributed by atoms with Crippen LogP contribution in [0, 0.1) is 19.7 Å². The van der Waals surface area contributed by atoms with Crippen LogP contribution in [0.1, 0.15) is 37.7 Å². The molecule has 0 spiro atoms. The first-order valence-corrected chi connectivity index (χ1v) is 9.82. The summed E-state index contributed by atoms with van der Waals surface area (Å²) < 4.78 is 15.0. The van der Waals surface area contributed by atoms with E-state index in [1.807, 2.05) is 37.5 Å². The summed E-state index contributed by atoms with van der Waals surface area (Å²) >= 11 is 0. The summed E-state index contributed by atoms with van der Waals surface area (Å²) in [5.74, 6) is -1.98. The summed E-state index contributed by atoms with van der Waals surface area (Å²) in [4.78, 5) is 26.0. The van der Waals surface area contributed by atoms with Crippen molar-refractivity contribution >= 4 is 23.3 Å². The molecule has 3 rings (SSSR count). The number of hydrogen-bond acceptors (Lipinski definition) is 4. The molecule has 2 N–H and O–H groups in total. The normalized spacial score (nSPS) is 10.7. The molecule has 0 aliphatic carbocycles. The van der Waals surface area contributed by atoms with E-state index in [1.54, 1.807) is 6.07 Å². The van der Waals surface area contributed by atoms with E-state index in [1.165, 1.54) is 36.4 Å². The number of halogens is 1. The molecule has 0 aliphatic heterocycles. The number of anilines is 2. The molecule has 7 nitrogen and oxygen atoms in total. The highest BCUT2D eigenvalue weighted by atomic mass is 19.1. The Bertz CT molecular complexity index is 1120. The number of likely N-dealkylation sites (N-methyl/N-ethyl adjacent to an activating group) is 1. The minimum atomic E-state index is -1.09. The van der Waals surface area contributed by atoms with Crippen LogP contribution in [0.15, 0.2) is 42.5 Å². The maximum atomic E-state index is 13.2. The minimum absolute atomic E-state index is 0.0607. The first kappa shape index (κ1) is 22.0. The van der Waals surface area contributed by atoms with Gasteiger partial charge in [0.05, 0.1) is 22.6 Å². The second kappa shape index (κ2) is 8.99. The number of carbonyl (C=O) groups excluding carboxylic acids is 1. The second-order valence-corrected chi connectivity index (χ2v) is 7.44. The number of aromatic nitrogens is 2. The van der Waals surface area contributed by atoms with Gasteiger partial charge in [-0.15, -0.1) is 0 Å². The highest BCUT2D eigenvalue weighted by Gasteiger charge is 2.16. The lowest BCUT2D eigenvalue weighted by atomic mass is 10.1. The molecule has 0 saturated heterocycles. The third-order valence-electron chi connectivity index (χ3n) is 5.37. The smallest absolute Gasteiger partial charge is 0.335 e. The summed E-state index contributed by atoms with van der Waals surface area (Å²) in [6.07, 6.45) is 0.744. The zero-order chi connectivity index (χ0) is 22.7. The fourth-order valence-corrected chi connectivity index (χ4v) is 3.48. The average Bonchev–Trinajstić information content (AvgIpc) is 2.97. The van der Waals surface area contributed by atoms with E-state index in [2.05, 4.69) is 10.4 Å². The van der Waals surface area contributed by atoms with Gasteiger partial charge in [-0.2, -0.15) is 5.10 Å². The van der Waals surface area contributed by atoms with Crippen LogP contribution in [0.4, 0.5) is 15.8 Å². The molecule has 0 saturated carbocycles. The van der Waals surface area contributed by atoms with Crippen molar-refractivity contribution in [2.24, 2.45) is 7.05 Å². The number of benzene rings is 2. The predicted octanol–water partition coefficient (Wildman–Crippen LogP) is 3.81. The predicted molar refractivity (Wildman–Crippen MR) is 117 cm³/mol. The van der Waals surface area contributed by atoms with Crippen molar-refractivity contribution in [2.45, 2.75) is 20.3 Å². The van der Waals surface area contributed by atoms with E-state index in [9.17, 15) is 19.1 Å². The van der Waals surface area contributed by atoms with Crippen molar-refractivity contribution < 1.29 is 19.1 Å². The molecule has 1 aromatic heterocycles. The molecule has 1 heterocycles. The van der Waals surface area contributed by atoms with Crippen molar-refractivity contribution in [2.75, 3.05) is 23.8 Å². The van der Waals surface area contributed by atoms with E-state index < -0.39 is 17.7 Å². The third-order valence-corrected chi connectivity index (χ3v) is 5.37. The number of carboxylic acids is 1. The molecule has 2 aromatic carbocycles. The van der Waals surface area contributed by atoms with Crippen molar-refractivity contribution in [3.05, 3.63) is 76.4 Å². The number of rotatable bonds is 7. The molecule has 162 valence electrons. The fraction of sp³-hybridized carbons (Fsp3) is 0.261. The monoisotopic (exact) mass is 424 g/mol. The van der Waals surface area contributed by atoms with Crippen LogP contribution < -0.4 is 10.2 Å². The van der Waals surface area contributed by atoms with Gasteiger partial charge in [0, 0.05) is 31.9 Å². The van der Waals surface area contributed by atoms with E-state index in [-0.39, 0.29) is 11.1 Å². The van der Waals surface area contributed by atoms with Crippen LogP contribution >= 0.6 is 0 Å². The van der Waals surface area contributed by atoms with Gasteiger partial charge >= 0.3 is 5.97 Å². The number of aryl methyl sites for hydroxylation is 2. The molecular weight excluding hydrogens is 399 g/mol. The molecule has 0 fully saturated rings. The Kier molecular flexibility index (Phi) is 6.39. The number of nitrogens with zero attached hydrogens (tertiary/aromatic N) is 3. The number of aromatic carboxylic acids is 1. The van der Waals surface area contributed by atoms with Crippen LogP contribution in [0.25, 0.3) is 0 Å². The number of carbonyl (C=O) groups is 2. The second-order valence-electron chi connectivity index (χ2n) is 7.44. The molecule has 8 heteroatoms. The lowest BCUT2D eigenvalue weighted by Crippen LogP contribution is -2.23. The lowest BCUT2D eigenvalue weighted by Gasteiger charge is -2.23. The van der Waals surface area contributed by atoms with E-state index in [0.29, 0.717) is 17.9 Å². The maximum absolute atomic E-state index is 13.2. The Morgan fingerprint density at radius 1 is 1.13 bits per heavy atom. The van der Waals surface area contributed by atoms with E-state index in [4.69, 9.17) is 0 Å². The number of hydrogen-bond donors (Lipinski definition) is 2. The molecule has 31 heavy (non-hydrogen) atoms. The molecule has 0 radical (unpaired) electrons. The first-order valence-electron chi connectivity index (χ1n) is 9.82. The highest BCUT2D eigenvalue weighted by molar-refractivity contribution is 6.06. The molecule has 0 bridgehead atoms. The van der Waals surface area contributed by atoms with Crippen LogP contribution in [0.5, 0.6) is 0 Å². The Balaban J connectivity index is 1.85. The van der Waals surface area contributed by atoms with Gasteiger partial charge in [-0.3, -0.25) is 9.48 Å². The quantitative estimate of drug-likeness (QED) is 0.602. The van der Waals surface area contributed by atoms with Gasteiger partial charge in [0.1, 0.15) is 5.82 Å². The Morgan fingerprint density at radius 2 is 1.77 bits per heavy atom. The topological polar surface area (TPSA) is 87.5 Å². The summed E-state index contributed by atoms with van der Waals surface area (Å²) in [5, 5.41) is 16.6. The van der Waals surface area contributed by atoms with Crippen molar-refractivity contribution in [3.8, 4) is 0 Å². The van der Waals surface area contributed by atoms with Gasteiger partial charge in [0.2, 0.25) is 0 Å². The molecule has 0 atom stereocenters. The average molecular weight is 424 g/mol. The van der Waals surface area contributed by atoms with Gasteiger partial charge in [-0.25, -0.2) is 9.18 Å². The molecule has 0 aliphatic rings. The van der Waals surface area contributed by atoms with E-state index in [0.717, 1.165) is 23.4 Å². The van der Waals surface area contributed by atoms with Gasteiger partial charge in [0.15, 0.2) is 0 Å². The van der Waals surface area contributed by atoms with Crippen LogP contribution in [0.2, 0.25) is 0 Å². The van der Waals surface area contributed by atoms with Gasteiger partial charge in [-0.1, -0.05) is 0 Å². The largest absolute Gasteiger partial charge is 0.478 e. The summed E-state index contributed by atoms with van der Waals surface area (Å²) in [7, 11) is 3.79. The first-order chi connectivity index (χ1) is 14.7. The SMILES string of the molecule is Cc1nn(C)c(C)c1CCN(C)c1ccc(C(=O)O)cc1NC(=O)c1ccc(F)cc1. The van der Waals surface area contributed by atoms with Gasteiger partial charge in [0.25, 0.3) is 5.91 Å². The van der Waals surface area contributed by atoms with Crippen LogP contribution in [-0.2, 0) is 13.5 Å². The van der Waals surface area contributed by atoms with Crippen molar-refractivity contribution in [1.82, 2.24) is 9.78 Å². The van der Waals surface area contributed by atoms with Gasteiger partial charge < -0.3 is 15.3 Å². The number of amides is 1. The molecule has 1 amide bonds. The number of carboxylic acid groups (broad SMARTS) is 1.